The number of hydrogen-bond donors (Lipinski definition) is 1. The van der Waals surface area contributed by atoms with Gasteiger partial charge in [0.25, 0.3) is 0 Å². The van der Waals surface area contributed by atoms with Crippen molar-refractivity contribution >= 4 is 16.9 Å². The van der Waals surface area contributed by atoms with Gasteiger partial charge in [0.1, 0.15) is 5.82 Å². The van der Waals surface area contributed by atoms with E-state index in [1.54, 1.807) is 17.4 Å². The molecule has 1 fully saturated rings. The Kier molecular flexibility index (Phi) is 5.17. The minimum atomic E-state index is -0.590. The molecule has 4 rings (SSSR count). The minimum Gasteiger partial charge on any atom is -0.389 e. The largest absolute Gasteiger partial charge is 0.389 e. The number of aliphatic hydroxyl groups excluding tert-OH is 1. The molecule has 0 unspecified atom stereocenters. The van der Waals surface area contributed by atoms with Crippen LogP contribution in [-0.4, -0.2) is 54.2 Å². The molecule has 0 aliphatic heterocycles. The van der Waals surface area contributed by atoms with Gasteiger partial charge in [-0.3, -0.25) is 4.79 Å². The lowest BCUT2D eigenvalue weighted by Crippen LogP contribution is -2.50. The number of nitrogens with zero attached hydrogens (tertiary/aromatic N) is 5. The quantitative estimate of drug-likeness (QED) is 0.737. The molecular formula is C21H27N5O2. The van der Waals surface area contributed by atoms with Crippen LogP contribution in [0.1, 0.15) is 37.5 Å². The van der Waals surface area contributed by atoms with Gasteiger partial charge in [0.15, 0.2) is 0 Å². The number of aliphatic hydroxyl groups is 1. The Morgan fingerprint density at radius 1 is 1.32 bits per heavy atom. The van der Waals surface area contributed by atoms with E-state index in [9.17, 15) is 9.90 Å². The number of carbonyl (C=O) groups excluding carboxylic acids is 1. The maximum absolute atomic E-state index is 12.9. The van der Waals surface area contributed by atoms with Crippen LogP contribution in [-0.2, 0) is 11.3 Å². The predicted octanol–water partition coefficient (Wildman–Crippen LogP) is 2.54. The molecule has 28 heavy (non-hydrogen) atoms. The fraction of sp³-hybridized carbons (Fsp3) is 0.476. The maximum Gasteiger partial charge on any atom is 0.224 e. The maximum atomic E-state index is 12.9. The van der Waals surface area contributed by atoms with Gasteiger partial charge in [0.05, 0.1) is 35.5 Å². The molecule has 2 aromatic heterocycles. The van der Waals surface area contributed by atoms with Gasteiger partial charge in [-0.05, 0) is 38.3 Å². The van der Waals surface area contributed by atoms with Crippen molar-refractivity contribution in [3.8, 4) is 0 Å². The van der Waals surface area contributed by atoms with Crippen molar-refractivity contribution in [3.05, 3.63) is 48.8 Å². The van der Waals surface area contributed by atoms with E-state index < -0.39 is 6.10 Å². The van der Waals surface area contributed by atoms with Gasteiger partial charge in [-0.2, -0.15) is 0 Å². The van der Waals surface area contributed by atoms with Crippen molar-refractivity contribution in [2.45, 2.75) is 57.3 Å². The number of likely N-dealkylation sites (N-methyl/N-ethyl adjacent to an activating group) is 1. The first-order chi connectivity index (χ1) is 13.6. The average Bonchev–Trinajstić information content (AvgIpc) is 3.33. The Labute approximate surface area is 164 Å². The van der Waals surface area contributed by atoms with Crippen molar-refractivity contribution in [2.24, 2.45) is 0 Å². The number of rotatable bonds is 5. The predicted molar refractivity (Wildman–Crippen MR) is 107 cm³/mol. The number of aromatic nitrogens is 4. The van der Waals surface area contributed by atoms with Crippen LogP contribution in [0, 0.1) is 6.92 Å². The zero-order valence-corrected chi connectivity index (χ0v) is 16.4. The zero-order valence-electron chi connectivity index (χ0n) is 16.4. The number of amides is 1. The van der Waals surface area contributed by atoms with Gasteiger partial charge in [-0.25, -0.2) is 9.97 Å². The number of fused-ring (bicyclic) bond motifs is 1. The molecule has 1 aromatic carbocycles. The smallest absolute Gasteiger partial charge is 0.224 e. The second kappa shape index (κ2) is 7.75. The van der Waals surface area contributed by atoms with Crippen LogP contribution < -0.4 is 0 Å². The van der Waals surface area contributed by atoms with E-state index >= 15 is 0 Å². The number of benzene rings is 1. The van der Waals surface area contributed by atoms with Gasteiger partial charge in [0.2, 0.25) is 5.91 Å². The van der Waals surface area contributed by atoms with Gasteiger partial charge in [-0.1, -0.05) is 12.1 Å². The van der Waals surface area contributed by atoms with Gasteiger partial charge >= 0.3 is 0 Å². The highest BCUT2D eigenvalue weighted by atomic mass is 16.3. The number of hydrogen-bond acceptors (Lipinski definition) is 4. The van der Waals surface area contributed by atoms with E-state index in [0.717, 1.165) is 36.1 Å². The number of para-hydroxylation sites is 2. The Morgan fingerprint density at radius 2 is 2.14 bits per heavy atom. The molecule has 3 aromatic rings. The summed E-state index contributed by atoms with van der Waals surface area (Å²) < 4.78 is 4.04. The van der Waals surface area contributed by atoms with Gasteiger partial charge in [0, 0.05) is 32.4 Å². The van der Waals surface area contributed by atoms with Crippen molar-refractivity contribution in [2.75, 3.05) is 7.05 Å². The van der Waals surface area contributed by atoms with Crippen molar-refractivity contribution in [3.63, 3.8) is 0 Å². The summed E-state index contributed by atoms with van der Waals surface area (Å²) in [6.07, 6.45) is 7.84. The number of imidazole rings is 2. The van der Waals surface area contributed by atoms with Crippen molar-refractivity contribution < 1.29 is 9.90 Å². The fourth-order valence-corrected chi connectivity index (χ4v) is 4.39. The summed E-state index contributed by atoms with van der Waals surface area (Å²) in [6, 6.07) is 7.78. The minimum absolute atomic E-state index is 0.0312. The Hall–Kier alpha value is -2.67. The molecule has 1 saturated carbocycles. The third-order valence-electron chi connectivity index (χ3n) is 5.98. The molecular weight excluding hydrogens is 354 g/mol. The molecule has 0 bridgehead atoms. The van der Waals surface area contributed by atoms with Crippen LogP contribution in [0.15, 0.2) is 43.0 Å². The molecule has 3 atom stereocenters. The summed E-state index contributed by atoms with van der Waals surface area (Å²) in [5.41, 5.74) is 2.00. The highest BCUT2D eigenvalue weighted by Crippen LogP contribution is 2.31. The standard InChI is InChI=1S/C21H27N5O2/c1-15-23-16-6-3-4-7-17(16)26(15)12-10-20(27)24(2)18-8-5-9-19(21(18)28)25-13-11-22-14-25/h3-4,6-7,11,13-14,18-19,21,28H,5,8-10,12H2,1-2H3/t18-,19-,21-/m1/s1. The molecule has 1 N–H and O–H groups in total. The first-order valence-electron chi connectivity index (χ1n) is 9.89. The van der Waals surface area contributed by atoms with E-state index in [0.29, 0.717) is 13.0 Å². The lowest BCUT2D eigenvalue weighted by molar-refractivity contribution is -0.136. The third-order valence-corrected chi connectivity index (χ3v) is 5.98. The van der Waals surface area contributed by atoms with Crippen LogP contribution >= 0.6 is 0 Å². The normalized spacial score (nSPS) is 22.5. The lowest BCUT2D eigenvalue weighted by Gasteiger charge is -2.40. The molecule has 0 spiro atoms. The van der Waals surface area contributed by atoms with Gasteiger partial charge < -0.3 is 19.1 Å². The molecule has 7 nitrogen and oxygen atoms in total. The monoisotopic (exact) mass is 381 g/mol. The Morgan fingerprint density at radius 3 is 2.93 bits per heavy atom. The zero-order chi connectivity index (χ0) is 19.7. The first-order valence-corrected chi connectivity index (χ1v) is 9.89. The molecule has 1 amide bonds. The Balaban J connectivity index is 1.43. The Bertz CT molecular complexity index is 949. The molecule has 7 heteroatoms. The summed E-state index contributed by atoms with van der Waals surface area (Å²) in [6.45, 7) is 2.55. The fourth-order valence-electron chi connectivity index (χ4n) is 4.39. The SMILES string of the molecule is Cc1nc2ccccc2n1CCC(=O)N(C)[C@@H]1CCC[C@@H](n2ccnc2)[C@@H]1O. The third kappa shape index (κ3) is 3.42. The second-order valence-electron chi connectivity index (χ2n) is 7.62. The highest BCUT2D eigenvalue weighted by molar-refractivity contribution is 5.78. The summed E-state index contributed by atoms with van der Waals surface area (Å²) >= 11 is 0. The topological polar surface area (TPSA) is 76.2 Å². The second-order valence-corrected chi connectivity index (χ2v) is 7.62. The molecule has 2 heterocycles. The molecule has 1 aliphatic carbocycles. The number of aryl methyl sites for hydroxylation is 2. The summed E-state index contributed by atoms with van der Waals surface area (Å²) in [7, 11) is 1.81. The van der Waals surface area contributed by atoms with Crippen LogP contribution in [0.25, 0.3) is 11.0 Å². The van der Waals surface area contributed by atoms with Crippen LogP contribution in [0.2, 0.25) is 0 Å². The van der Waals surface area contributed by atoms with E-state index in [-0.39, 0.29) is 18.0 Å². The van der Waals surface area contributed by atoms with E-state index in [4.69, 9.17) is 0 Å². The van der Waals surface area contributed by atoms with Gasteiger partial charge in [-0.15, -0.1) is 0 Å². The van der Waals surface area contributed by atoms with Crippen LogP contribution in [0.3, 0.4) is 0 Å². The van der Waals surface area contributed by atoms with Crippen LogP contribution in [0.5, 0.6) is 0 Å². The summed E-state index contributed by atoms with van der Waals surface area (Å²) in [5, 5.41) is 10.9. The summed E-state index contributed by atoms with van der Waals surface area (Å²) in [4.78, 5) is 23.3. The molecule has 0 saturated heterocycles. The van der Waals surface area contributed by atoms with Crippen molar-refractivity contribution in [1.29, 1.82) is 0 Å². The van der Waals surface area contributed by atoms with E-state index in [1.807, 2.05) is 49.0 Å². The highest BCUT2D eigenvalue weighted by Gasteiger charge is 2.36. The first kappa shape index (κ1) is 18.7. The lowest BCUT2D eigenvalue weighted by atomic mass is 9.87. The summed E-state index contributed by atoms with van der Waals surface area (Å²) in [5.74, 6) is 0.960. The number of carbonyl (C=O) groups is 1. The molecule has 148 valence electrons. The van der Waals surface area contributed by atoms with E-state index in [2.05, 4.69) is 14.5 Å². The molecule has 0 radical (unpaired) electrons. The van der Waals surface area contributed by atoms with E-state index in [1.165, 1.54) is 0 Å². The average molecular weight is 381 g/mol. The van der Waals surface area contributed by atoms with Crippen molar-refractivity contribution in [1.82, 2.24) is 24.0 Å². The van der Waals surface area contributed by atoms with Crippen LogP contribution in [0.4, 0.5) is 0 Å². The molecule has 1 aliphatic rings.